The van der Waals surface area contributed by atoms with E-state index in [1.807, 2.05) is 17.5 Å². The van der Waals surface area contributed by atoms with Crippen LogP contribution in [-0.2, 0) is 5.75 Å². The fraction of sp³-hybridized carbons (Fsp3) is 0.100. The number of hydrogen-bond donors (Lipinski definition) is 3. The van der Waals surface area contributed by atoms with Crippen molar-refractivity contribution < 1.29 is 4.42 Å². The van der Waals surface area contributed by atoms with E-state index in [0.29, 0.717) is 5.75 Å². The van der Waals surface area contributed by atoms with Gasteiger partial charge in [-0.15, -0.1) is 11.3 Å². The van der Waals surface area contributed by atoms with Crippen LogP contribution < -0.4 is 11.5 Å². The maximum Gasteiger partial charge on any atom is 0.193 e. The summed E-state index contributed by atoms with van der Waals surface area (Å²) in [5.41, 5.74) is 11.2. The molecule has 18 heavy (non-hydrogen) atoms. The quantitative estimate of drug-likeness (QED) is 0.586. The zero-order valence-corrected chi connectivity index (χ0v) is 10.9. The molecule has 0 saturated heterocycles. The van der Waals surface area contributed by atoms with Crippen LogP contribution in [0.3, 0.4) is 0 Å². The third kappa shape index (κ3) is 3.34. The molecule has 5 N–H and O–H groups in total. The minimum absolute atomic E-state index is 0.0718. The summed E-state index contributed by atoms with van der Waals surface area (Å²) in [6.07, 6.45) is 1.61. The smallest absolute Gasteiger partial charge is 0.193 e. The van der Waals surface area contributed by atoms with Crippen molar-refractivity contribution in [2.75, 3.05) is 0 Å². The fourth-order valence-electron chi connectivity index (χ4n) is 1.18. The predicted octanol–water partition coefficient (Wildman–Crippen LogP) is 1.84. The molecule has 0 aliphatic rings. The Hall–Kier alpha value is -1.80. The molecule has 2 rings (SSSR count). The number of rotatable bonds is 3. The maximum absolute atomic E-state index is 7.49. The van der Waals surface area contributed by atoms with Crippen LogP contribution in [0.2, 0.25) is 0 Å². The van der Waals surface area contributed by atoms with Gasteiger partial charge >= 0.3 is 0 Å². The average molecular weight is 281 g/mol. The number of nitrogens with one attached hydrogen (secondary N) is 1. The molecule has 94 valence electrons. The fourth-order valence-corrected chi connectivity index (χ4v) is 2.67. The van der Waals surface area contributed by atoms with E-state index in [1.165, 1.54) is 23.1 Å². The van der Waals surface area contributed by atoms with Crippen molar-refractivity contribution in [2.24, 2.45) is 16.5 Å². The molecular formula is C10H11N5OS2. The molecule has 0 fully saturated rings. The van der Waals surface area contributed by atoms with E-state index in [4.69, 9.17) is 21.3 Å². The summed E-state index contributed by atoms with van der Waals surface area (Å²) in [5, 5.41) is 10.3. The number of nitrogens with two attached hydrogens (primary N) is 2. The highest BCUT2D eigenvalue weighted by molar-refractivity contribution is 8.13. The summed E-state index contributed by atoms with van der Waals surface area (Å²) in [7, 11) is 0. The van der Waals surface area contributed by atoms with Gasteiger partial charge in [0, 0.05) is 11.1 Å². The standard InChI is InChI=1S/C10H11N5OS2/c11-9(12)15-10(13)18-5-6-4-17-8(14-6)7-2-1-3-16-7/h1-4H,5H2,(H5,11,12,13,15). The molecule has 0 aromatic carbocycles. The molecule has 0 spiro atoms. The summed E-state index contributed by atoms with van der Waals surface area (Å²) in [6, 6.07) is 3.68. The number of thiazole rings is 1. The van der Waals surface area contributed by atoms with Crippen LogP contribution in [-0.4, -0.2) is 16.1 Å². The van der Waals surface area contributed by atoms with Gasteiger partial charge in [-0.1, -0.05) is 11.8 Å². The lowest BCUT2D eigenvalue weighted by Crippen LogP contribution is -2.23. The number of guanidine groups is 1. The molecule has 2 heterocycles. The lowest BCUT2D eigenvalue weighted by molar-refractivity contribution is 0.581. The number of amidine groups is 1. The molecule has 6 nitrogen and oxygen atoms in total. The molecular weight excluding hydrogens is 270 g/mol. The van der Waals surface area contributed by atoms with Gasteiger partial charge in [-0.25, -0.2) is 4.98 Å². The SMILES string of the molecule is N=C(N=C(N)N)SCc1csc(-c2ccco2)n1. The normalized spacial score (nSPS) is 10.2. The number of hydrogen-bond acceptors (Lipinski definition) is 5. The van der Waals surface area contributed by atoms with Crippen LogP contribution in [0.25, 0.3) is 10.8 Å². The van der Waals surface area contributed by atoms with E-state index in [1.54, 1.807) is 6.26 Å². The molecule has 0 unspecified atom stereocenters. The van der Waals surface area contributed by atoms with Crippen molar-refractivity contribution in [1.29, 1.82) is 5.41 Å². The molecule has 0 aliphatic heterocycles. The van der Waals surface area contributed by atoms with Crippen LogP contribution in [0.4, 0.5) is 0 Å². The highest BCUT2D eigenvalue weighted by Gasteiger charge is 2.07. The van der Waals surface area contributed by atoms with Gasteiger partial charge in [0.1, 0.15) is 0 Å². The van der Waals surface area contributed by atoms with E-state index in [-0.39, 0.29) is 11.1 Å². The minimum Gasteiger partial charge on any atom is -0.462 e. The van der Waals surface area contributed by atoms with Crippen LogP contribution in [0.1, 0.15) is 5.69 Å². The second-order valence-corrected chi connectivity index (χ2v) is 5.07. The zero-order chi connectivity index (χ0) is 13.0. The summed E-state index contributed by atoms with van der Waals surface area (Å²) in [5.74, 6) is 1.19. The summed E-state index contributed by atoms with van der Waals surface area (Å²) >= 11 is 2.72. The molecule has 0 bridgehead atoms. The Morgan fingerprint density at radius 1 is 1.56 bits per heavy atom. The molecule has 0 amide bonds. The third-order valence-electron chi connectivity index (χ3n) is 1.87. The van der Waals surface area contributed by atoms with Crippen LogP contribution >= 0.6 is 23.1 Å². The van der Waals surface area contributed by atoms with Crippen molar-refractivity contribution in [3.8, 4) is 10.8 Å². The van der Waals surface area contributed by atoms with Gasteiger partial charge in [0.2, 0.25) is 0 Å². The molecule has 0 aliphatic carbocycles. The Bertz CT molecular complexity index is 557. The van der Waals surface area contributed by atoms with Crippen LogP contribution in [0.15, 0.2) is 33.2 Å². The first-order chi connectivity index (χ1) is 8.65. The van der Waals surface area contributed by atoms with Gasteiger partial charge in [-0.3, -0.25) is 5.41 Å². The first-order valence-corrected chi connectivity index (χ1v) is 6.81. The summed E-state index contributed by atoms with van der Waals surface area (Å²) < 4.78 is 5.26. The van der Waals surface area contributed by atoms with Crippen molar-refractivity contribution >= 4 is 34.2 Å². The Morgan fingerprint density at radius 3 is 3.06 bits per heavy atom. The number of aromatic nitrogens is 1. The lowest BCUT2D eigenvalue weighted by Gasteiger charge is -1.96. The van der Waals surface area contributed by atoms with E-state index in [2.05, 4.69) is 9.98 Å². The molecule has 2 aromatic heterocycles. The van der Waals surface area contributed by atoms with Gasteiger partial charge in [-0.2, -0.15) is 4.99 Å². The Labute approximate surface area is 112 Å². The second kappa shape index (κ2) is 5.69. The second-order valence-electron chi connectivity index (χ2n) is 3.25. The van der Waals surface area contributed by atoms with Gasteiger partial charge in [0.25, 0.3) is 0 Å². The highest BCUT2D eigenvalue weighted by atomic mass is 32.2. The largest absolute Gasteiger partial charge is 0.462 e. The van der Waals surface area contributed by atoms with E-state index in [0.717, 1.165) is 16.5 Å². The molecule has 0 saturated carbocycles. The first-order valence-electron chi connectivity index (χ1n) is 4.94. The Morgan fingerprint density at radius 2 is 2.39 bits per heavy atom. The van der Waals surface area contributed by atoms with E-state index < -0.39 is 0 Å². The Kier molecular flexibility index (Phi) is 4.00. The first kappa shape index (κ1) is 12.7. The van der Waals surface area contributed by atoms with Crippen LogP contribution in [0, 0.1) is 5.41 Å². The van der Waals surface area contributed by atoms with Crippen LogP contribution in [0.5, 0.6) is 0 Å². The average Bonchev–Trinajstić information content (AvgIpc) is 2.96. The Balaban J connectivity index is 1.96. The molecule has 2 aromatic rings. The number of furan rings is 1. The molecule has 0 atom stereocenters. The number of nitrogens with zero attached hydrogens (tertiary/aromatic N) is 2. The van der Waals surface area contributed by atoms with Gasteiger partial charge in [0.05, 0.1) is 12.0 Å². The van der Waals surface area contributed by atoms with Gasteiger partial charge < -0.3 is 15.9 Å². The molecule has 8 heteroatoms. The van der Waals surface area contributed by atoms with Gasteiger partial charge in [0.15, 0.2) is 21.9 Å². The summed E-state index contributed by atoms with van der Waals surface area (Å²) in [4.78, 5) is 8.02. The van der Waals surface area contributed by atoms with E-state index in [9.17, 15) is 0 Å². The monoisotopic (exact) mass is 281 g/mol. The number of aliphatic imine (C=N–C) groups is 1. The lowest BCUT2D eigenvalue weighted by atomic mass is 10.5. The van der Waals surface area contributed by atoms with Crippen molar-refractivity contribution in [3.05, 3.63) is 29.5 Å². The topological polar surface area (TPSA) is 114 Å². The van der Waals surface area contributed by atoms with Crippen molar-refractivity contribution in [1.82, 2.24) is 4.98 Å². The molecule has 0 radical (unpaired) electrons. The minimum atomic E-state index is -0.109. The maximum atomic E-state index is 7.49. The van der Waals surface area contributed by atoms with Crippen molar-refractivity contribution in [3.63, 3.8) is 0 Å². The zero-order valence-electron chi connectivity index (χ0n) is 9.29. The predicted molar refractivity (Wildman–Crippen MR) is 74.6 cm³/mol. The van der Waals surface area contributed by atoms with Crippen molar-refractivity contribution in [2.45, 2.75) is 5.75 Å². The third-order valence-corrected chi connectivity index (χ3v) is 3.58. The number of thioether (sulfide) groups is 1. The van der Waals surface area contributed by atoms with E-state index >= 15 is 0 Å². The summed E-state index contributed by atoms with van der Waals surface area (Å²) in [6.45, 7) is 0. The highest BCUT2D eigenvalue weighted by Crippen LogP contribution is 2.25. The van der Waals surface area contributed by atoms with Gasteiger partial charge in [-0.05, 0) is 12.1 Å².